The lowest BCUT2D eigenvalue weighted by Crippen LogP contribution is -2.40. The summed E-state index contributed by atoms with van der Waals surface area (Å²) in [6, 6.07) is 2.28. The van der Waals surface area contributed by atoms with Gasteiger partial charge in [0.05, 0.1) is 6.07 Å². The SMILES string of the molecule is CC1(C#N)CNCCS1.Cl. The smallest absolute Gasteiger partial charge is 0.112 e. The van der Waals surface area contributed by atoms with Gasteiger partial charge in [0, 0.05) is 18.8 Å². The van der Waals surface area contributed by atoms with E-state index in [0.29, 0.717) is 0 Å². The van der Waals surface area contributed by atoms with Crippen LogP contribution in [-0.2, 0) is 0 Å². The van der Waals surface area contributed by atoms with Gasteiger partial charge in [-0.25, -0.2) is 0 Å². The molecule has 1 unspecified atom stereocenters. The summed E-state index contributed by atoms with van der Waals surface area (Å²) in [7, 11) is 0. The maximum Gasteiger partial charge on any atom is 0.112 e. The molecule has 4 heteroatoms. The van der Waals surface area contributed by atoms with E-state index >= 15 is 0 Å². The molecule has 2 nitrogen and oxygen atoms in total. The lowest BCUT2D eigenvalue weighted by molar-refractivity contribution is 0.634. The Morgan fingerprint density at radius 1 is 1.70 bits per heavy atom. The highest BCUT2D eigenvalue weighted by Gasteiger charge is 2.26. The van der Waals surface area contributed by atoms with Crippen molar-refractivity contribution in [1.29, 1.82) is 5.26 Å². The standard InChI is InChI=1S/C6H10N2S.ClH/c1-6(4-7)5-8-2-3-9-6;/h8H,2-3,5H2,1H3;1H. The first kappa shape index (κ1) is 10.1. The van der Waals surface area contributed by atoms with Gasteiger partial charge in [-0.2, -0.15) is 5.26 Å². The third-order valence-corrected chi connectivity index (χ3v) is 2.68. The Bertz CT molecular complexity index is 137. The Morgan fingerprint density at radius 3 is 2.70 bits per heavy atom. The van der Waals surface area contributed by atoms with Crippen LogP contribution in [0, 0.1) is 11.3 Å². The van der Waals surface area contributed by atoms with Gasteiger partial charge < -0.3 is 5.32 Å². The molecule has 1 heterocycles. The van der Waals surface area contributed by atoms with Crippen LogP contribution >= 0.6 is 24.2 Å². The summed E-state index contributed by atoms with van der Waals surface area (Å²) in [5.74, 6) is 1.06. The lowest BCUT2D eigenvalue weighted by atomic mass is 10.2. The van der Waals surface area contributed by atoms with Crippen molar-refractivity contribution in [2.75, 3.05) is 18.8 Å². The van der Waals surface area contributed by atoms with Crippen LogP contribution in [-0.4, -0.2) is 23.6 Å². The van der Waals surface area contributed by atoms with Crippen LogP contribution in [0.15, 0.2) is 0 Å². The summed E-state index contributed by atoms with van der Waals surface area (Å²) < 4.78 is -0.168. The molecule has 1 atom stereocenters. The van der Waals surface area contributed by atoms with Gasteiger partial charge in [-0.1, -0.05) is 0 Å². The van der Waals surface area contributed by atoms with E-state index in [1.807, 2.05) is 6.92 Å². The molecule has 0 aromatic rings. The minimum atomic E-state index is -0.168. The van der Waals surface area contributed by atoms with Crippen molar-refractivity contribution in [1.82, 2.24) is 5.32 Å². The zero-order chi connectivity index (χ0) is 6.74. The molecule has 0 aromatic carbocycles. The van der Waals surface area contributed by atoms with Crippen molar-refractivity contribution < 1.29 is 0 Å². The van der Waals surface area contributed by atoms with E-state index in [0.717, 1.165) is 18.8 Å². The number of thioether (sulfide) groups is 1. The van der Waals surface area contributed by atoms with E-state index < -0.39 is 0 Å². The molecule has 1 aliphatic heterocycles. The van der Waals surface area contributed by atoms with Crippen molar-refractivity contribution in [3.05, 3.63) is 0 Å². The van der Waals surface area contributed by atoms with Crippen LogP contribution in [0.2, 0.25) is 0 Å². The molecule has 1 saturated heterocycles. The van der Waals surface area contributed by atoms with Gasteiger partial charge in [-0.05, 0) is 6.92 Å². The Balaban J connectivity index is 0.000000810. The number of nitriles is 1. The van der Waals surface area contributed by atoms with Crippen LogP contribution < -0.4 is 5.32 Å². The second kappa shape index (κ2) is 4.07. The summed E-state index contributed by atoms with van der Waals surface area (Å²) in [6.45, 7) is 3.85. The molecular formula is C6H11ClN2S. The predicted molar refractivity (Wildman–Crippen MR) is 46.6 cm³/mol. The van der Waals surface area contributed by atoms with Crippen LogP contribution in [0.1, 0.15) is 6.92 Å². The first-order chi connectivity index (χ1) is 4.27. The second-order valence-corrected chi connectivity index (χ2v) is 3.97. The van der Waals surface area contributed by atoms with Gasteiger partial charge in [-0.15, -0.1) is 24.2 Å². The third-order valence-electron chi connectivity index (χ3n) is 1.40. The average Bonchev–Trinajstić information content (AvgIpc) is 1.90. The fraction of sp³-hybridized carbons (Fsp3) is 0.833. The first-order valence-electron chi connectivity index (χ1n) is 3.03. The van der Waals surface area contributed by atoms with Gasteiger partial charge >= 0.3 is 0 Å². The summed E-state index contributed by atoms with van der Waals surface area (Å²) in [5.41, 5.74) is 0. The molecule has 0 aromatic heterocycles. The Hall–Kier alpha value is 0.0900. The molecule has 0 radical (unpaired) electrons. The van der Waals surface area contributed by atoms with Crippen molar-refractivity contribution in [3.63, 3.8) is 0 Å². The van der Waals surface area contributed by atoms with Gasteiger partial charge in [0.1, 0.15) is 4.75 Å². The number of rotatable bonds is 0. The van der Waals surface area contributed by atoms with E-state index in [2.05, 4.69) is 11.4 Å². The zero-order valence-electron chi connectivity index (χ0n) is 5.89. The third kappa shape index (κ3) is 2.37. The van der Waals surface area contributed by atoms with Crippen LogP contribution in [0.5, 0.6) is 0 Å². The highest BCUT2D eigenvalue weighted by atomic mass is 35.5. The average molecular weight is 179 g/mol. The Kier molecular flexibility index (Phi) is 4.11. The van der Waals surface area contributed by atoms with Gasteiger partial charge in [0.15, 0.2) is 0 Å². The fourth-order valence-electron chi connectivity index (χ4n) is 0.798. The van der Waals surface area contributed by atoms with E-state index in [4.69, 9.17) is 5.26 Å². The molecule has 10 heavy (non-hydrogen) atoms. The van der Waals surface area contributed by atoms with E-state index in [9.17, 15) is 0 Å². The number of nitrogens with zero attached hydrogens (tertiary/aromatic N) is 1. The highest BCUT2D eigenvalue weighted by molar-refractivity contribution is 8.01. The minimum Gasteiger partial charge on any atom is -0.313 e. The fourth-order valence-corrected chi connectivity index (χ4v) is 1.76. The molecule has 58 valence electrons. The molecule has 1 N–H and O–H groups in total. The van der Waals surface area contributed by atoms with Crippen LogP contribution in [0.4, 0.5) is 0 Å². The lowest BCUT2D eigenvalue weighted by Gasteiger charge is -2.26. The van der Waals surface area contributed by atoms with Crippen molar-refractivity contribution in [2.24, 2.45) is 0 Å². The number of nitrogens with one attached hydrogen (secondary N) is 1. The van der Waals surface area contributed by atoms with E-state index in [1.165, 1.54) is 0 Å². The van der Waals surface area contributed by atoms with Crippen LogP contribution in [0.25, 0.3) is 0 Å². The molecule has 1 aliphatic rings. The number of hydrogen-bond donors (Lipinski definition) is 1. The quantitative estimate of drug-likeness (QED) is 0.602. The van der Waals surface area contributed by atoms with E-state index in [-0.39, 0.29) is 17.2 Å². The Morgan fingerprint density at radius 2 is 2.40 bits per heavy atom. The van der Waals surface area contributed by atoms with Crippen LogP contribution in [0.3, 0.4) is 0 Å². The molecular weight excluding hydrogens is 168 g/mol. The number of halogens is 1. The Labute approximate surface area is 71.8 Å². The summed E-state index contributed by atoms with van der Waals surface area (Å²) in [5, 5.41) is 11.8. The van der Waals surface area contributed by atoms with Crippen molar-refractivity contribution in [2.45, 2.75) is 11.7 Å². The normalized spacial score (nSPS) is 32.0. The maximum atomic E-state index is 8.64. The molecule has 0 amide bonds. The molecule has 0 spiro atoms. The molecule has 1 rings (SSSR count). The first-order valence-corrected chi connectivity index (χ1v) is 4.01. The molecule has 0 saturated carbocycles. The van der Waals surface area contributed by atoms with E-state index in [1.54, 1.807) is 11.8 Å². The van der Waals surface area contributed by atoms with Gasteiger partial charge in [0.25, 0.3) is 0 Å². The summed E-state index contributed by atoms with van der Waals surface area (Å²) in [6.07, 6.45) is 0. The monoisotopic (exact) mass is 178 g/mol. The topological polar surface area (TPSA) is 35.8 Å². The molecule has 1 fully saturated rings. The maximum absolute atomic E-state index is 8.64. The second-order valence-electron chi connectivity index (χ2n) is 2.37. The predicted octanol–water partition coefficient (Wildman–Crippen LogP) is 1.03. The van der Waals surface area contributed by atoms with Crippen molar-refractivity contribution in [3.8, 4) is 6.07 Å². The zero-order valence-corrected chi connectivity index (χ0v) is 7.52. The largest absolute Gasteiger partial charge is 0.313 e. The summed E-state index contributed by atoms with van der Waals surface area (Å²) >= 11 is 1.74. The molecule has 0 bridgehead atoms. The highest BCUT2D eigenvalue weighted by Crippen LogP contribution is 2.24. The van der Waals surface area contributed by atoms with Crippen molar-refractivity contribution >= 4 is 24.2 Å². The minimum absolute atomic E-state index is 0. The summed E-state index contributed by atoms with van der Waals surface area (Å²) in [4.78, 5) is 0. The van der Waals surface area contributed by atoms with Gasteiger partial charge in [-0.3, -0.25) is 0 Å². The number of hydrogen-bond acceptors (Lipinski definition) is 3. The van der Waals surface area contributed by atoms with Gasteiger partial charge in [0.2, 0.25) is 0 Å². The molecule has 0 aliphatic carbocycles.